The zero-order valence-corrected chi connectivity index (χ0v) is 12.7. The highest BCUT2D eigenvalue weighted by atomic mass is 16.5. The molecule has 0 amide bonds. The van der Waals surface area contributed by atoms with Crippen LogP contribution in [0.5, 0.6) is 5.75 Å². The average molecular weight is 306 g/mol. The van der Waals surface area contributed by atoms with Crippen LogP contribution in [0, 0.1) is 18.3 Å². The molecule has 1 aromatic carbocycles. The lowest BCUT2D eigenvalue weighted by molar-refractivity contribution is 0.416. The lowest BCUT2D eigenvalue weighted by Gasteiger charge is -2.10. The monoisotopic (exact) mass is 306 g/mol. The van der Waals surface area contributed by atoms with Crippen LogP contribution < -0.4 is 10.5 Å². The Hall–Kier alpha value is -3.40. The number of nitrogen functional groups attached to an aromatic ring is 1. The van der Waals surface area contributed by atoms with E-state index in [0.29, 0.717) is 17.4 Å². The smallest absolute Gasteiger partial charge is 0.253 e. The van der Waals surface area contributed by atoms with Crippen LogP contribution in [0.1, 0.15) is 11.3 Å². The van der Waals surface area contributed by atoms with E-state index in [-0.39, 0.29) is 11.4 Å². The Morgan fingerprint density at radius 1 is 1.26 bits per heavy atom. The molecule has 3 rings (SSSR count). The third-order valence-electron chi connectivity index (χ3n) is 3.34. The molecule has 0 unspecified atom stereocenters. The molecule has 7 nitrogen and oxygen atoms in total. The second-order valence-corrected chi connectivity index (χ2v) is 4.86. The fourth-order valence-electron chi connectivity index (χ4n) is 2.25. The van der Waals surface area contributed by atoms with Gasteiger partial charge in [-0.2, -0.15) is 15.0 Å². The number of nitrogens with zero attached hydrogens (tertiary/aromatic N) is 5. The van der Waals surface area contributed by atoms with Gasteiger partial charge in [0.25, 0.3) is 5.95 Å². The number of aryl methyl sites for hydroxylation is 1. The highest BCUT2D eigenvalue weighted by Gasteiger charge is 2.14. The zero-order valence-electron chi connectivity index (χ0n) is 12.7. The first-order chi connectivity index (χ1) is 11.1. The second kappa shape index (κ2) is 5.77. The average Bonchev–Trinajstić information content (AvgIpc) is 2.95. The van der Waals surface area contributed by atoms with Crippen molar-refractivity contribution < 1.29 is 4.74 Å². The number of nitrogens with two attached hydrogens (primary N) is 1. The zero-order chi connectivity index (χ0) is 16.4. The van der Waals surface area contributed by atoms with Crippen molar-refractivity contribution in [1.29, 1.82) is 5.26 Å². The van der Waals surface area contributed by atoms with E-state index in [2.05, 4.69) is 15.1 Å². The minimum absolute atomic E-state index is 0.212. The molecule has 0 fully saturated rings. The largest absolute Gasteiger partial charge is 0.496 e. The van der Waals surface area contributed by atoms with Crippen LogP contribution >= 0.6 is 0 Å². The van der Waals surface area contributed by atoms with Crippen molar-refractivity contribution >= 4 is 5.82 Å². The summed E-state index contributed by atoms with van der Waals surface area (Å²) in [6.07, 6.45) is 1.39. The van der Waals surface area contributed by atoms with Gasteiger partial charge in [0.05, 0.1) is 19.0 Å². The highest BCUT2D eigenvalue weighted by molar-refractivity contribution is 5.67. The molecule has 0 atom stereocenters. The van der Waals surface area contributed by atoms with Crippen LogP contribution in [-0.4, -0.2) is 26.9 Å². The number of aromatic nitrogens is 4. The first kappa shape index (κ1) is 14.5. The number of methoxy groups -OCH3 is 1. The van der Waals surface area contributed by atoms with Crippen molar-refractivity contribution in [2.24, 2.45) is 0 Å². The van der Waals surface area contributed by atoms with E-state index < -0.39 is 0 Å². The number of rotatable bonds is 3. The topological polar surface area (TPSA) is 103 Å². The maximum Gasteiger partial charge on any atom is 0.253 e. The highest BCUT2D eigenvalue weighted by Crippen LogP contribution is 2.29. The van der Waals surface area contributed by atoms with Gasteiger partial charge < -0.3 is 10.5 Å². The Kier molecular flexibility index (Phi) is 3.65. The minimum Gasteiger partial charge on any atom is -0.496 e. The third-order valence-corrected chi connectivity index (χ3v) is 3.34. The Labute approximate surface area is 133 Å². The molecule has 7 heteroatoms. The summed E-state index contributed by atoms with van der Waals surface area (Å²) in [7, 11) is 1.61. The Morgan fingerprint density at radius 2 is 2.04 bits per heavy atom. The molecule has 0 saturated heterocycles. The molecule has 2 heterocycles. The predicted molar refractivity (Wildman–Crippen MR) is 85.0 cm³/mol. The van der Waals surface area contributed by atoms with Crippen molar-refractivity contribution in [3.05, 3.63) is 47.8 Å². The van der Waals surface area contributed by atoms with E-state index in [9.17, 15) is 0 Å². The van der Waals surface area contributed by atoms with Gasteiger partial charge in [0.15, 0.2) is 0 Å². The molecule has 2 N–H and O–H groups in total. The standard InChI is InChI=1S/C16H14N6O/c1-10-7-13(12-5-3-4-6-14(12)23-2)21-16(20-10)22-15(18)11(8-17)9-19-22/h3-7,9H,18H2,1-2H3. The third kappa shape index (κ3) is 2.58. The Bertz CT molecular complexity index is 909. The lowest BCUT2D eigenvalue weighted by atomic mass is 10.1. The van der Waals surface area contributed by atoms with E-state index >= 15 is 0 Å². The van der Waals surface area contributed by atoms with E-state index in [4.69, 9.17) is 15.7 Å². The summed E-state index contributed by atoms with van der Waals surface area (Å²) in [5, 5.41) is 13.1. The van der Waals surface area contributed by atoms with Crippen molar-refractivity contribution in [3.63, 3.8) is 0 Å². The molecule has 0 aliphatic carbocycles. The molecule has 3 aromatic rings. The van der Waals surface area contributed by atoms with Crippen molar-refractivity contribution in [3.8, 4) is 29.0 Å². The summed E-state index contributed by atoms with van der Waals surface area (Å²) in [4.78, 5) is 8.86. The summed E-state index contributed by atoms with van der Waals surface area (Å²) >= 11 is 0. The van der Waals surface area contributed by atoms with Crippen molar-refractivity contribution in [2.75, 3.05) is 12.8 Å². The molecule has 0 bridgehead atoms. The minimum atomic E-state index is 0.212. The summed E-state index contributed by atoms with van der Waals surface area (Å²) in [5.74, 6) is 1.23. The quantitative estimate of drug-likeness (QED) is 0.795. The number of ether oxygens (including phenoxy) is 1. The van der Waals surface area contributed by atoms with Crippen LogP contribution in [0.3, 0.4) is 0 Å². The van der Waals surface area contributed by atoms with Crippen LogP contribution in [0.2, 0.25) is 0 Å². The maximum atomic E-state index is 8.99. The fourth-order valence-corrected chi connectivity index (χ4v) is 2.25. The molecular weight excluding hydrogens is 292 g/mol. The van der Waals surface area contributed by atoms with E-state index in [1.165, 1.54) is 10.9 Å². The van der Waals surface area contributed by atoms with Gasteiger partial charge in [-0.15, -0.1) is 0 Å². The first-order valence-electron chi connectivity index (χ1n) is 6.87. The number of para-hydroxylation sites is 1. The van der Waals surface area contributed by atoms with Crippen molar-refractivity contribution in [1.82, 2.24) is 19.7 Å². The van der Waals surface area contributed by atoms with Gasteiger partial charge >= 0.3 is 0 Å². The summed E-state index contributed by atoms with van der Waals surface area (Å²) in [6, 6.07) is 11.4. The molecule has 23 heavy (non-hydrogen) atoms. The van der Waals surface area contributed by atoms with Crippen LogP contribution in [0.25, 0.3) is 17.2 Å². The van der Waals surface area contributed by atoms with E-state index in [1.54, 1.807) is 7.11 Å². The number of nitriles is 1. The van der Waals surface area contributed by atoms with Crippen LogP contribution in [-0.2, 0) is 0 Å². The molecule has 0 aliphatic heterocycles. The van der Waals surface area contributed by atoms with Gasteiger partial charge in [0.2, 0.25) is 0 Å². The van der Waals surface area contributed by atoms with Gasteiger partial charge in [0.1, 0.15) is 23.2 Å². The Balaban J connectivity index is 2.17. The molecule has 0 spiro atoms. The van der Waals surface area contributed by atoms with Gasteiger partial charge in [-0.1, -0.05) is 12.1 Å². The second-order valence-electron chi connectivity index (χ2n) is 4.86. The lowest BCUT2D eigenvalue weighted by Crippen LogP contribution is -2.08. The molecular formula is C16H14N6O. The molecule has 0 aliphatic rings. The fraction of sp³-hybridized carbons (Fsp3) is 0.125. The molecule has 114 valence electrons. The molecule has 0 saturated carbocycles. The van der Waals surface area contributed by atoms with Gasteiger partial charge in [-0.3, -0.25) is 0 Å². The van der Waals surface area contributed by atoms with Crippen LogP contribution in [0.15, 0.2) is 36.5 Å². The molecule has 0 radical (unpaired) electrons. The summed E-state index contributed by atoms with van der Waals surface area (Å²) in [6.45, 7) is 1.86. The summed E-state index contributed by atoms with van der Waals surface area (Å²) in [5.41, 5.74) is 8.49. The molecule has 2 aromatic heterocycles. The predicted octanol–water partition coefficient (Wildman–Crippen LogP) is 2.10. The summed E-state index contributed by atoms with van der Waals surface area (Å²) < 4.78 is 6.73. The Morgan fingerprint density at radius 3 is 2.74 bits per heavy atom. The SMILES string of the molecule is COc1ccccc1-c1cc(C)nc(-n2ncc(C#N)c2N)n1. The van der Waals surface area contributed by atoms with E-state index in [1.807, 2.05) is 43.3 Å². The van der Waals surface area contributed by atoms with Gasteiger partial charge in [-0.05, 0) is 25.1 Å². The van der Waals surface area contributed by atoms with E-state index in [0.717, 1.165) is 11.3 Å². The van der Waals surface area contributed by atoms with Gasteiger partial charge in [0, 0.05) is 11.3 Å². The number of anilines is 1. The first-order valence-corrected chi connectivity index (χ1v) is 6.87. The number of hydrogen-bond acceptors (Lipinski definition) is 6. The van der Waals surface area contributed by atoms with Gasteiger partial charge in [-0.25, -0.2) is 9.97 Å². The normalized spacial score (nSPS) is 10.3. The van der Waals surface area contributed by atoms with Crippen molar-refractivity contribution in [2.45, 2.75) is 6.92 Å². The van der Waals surface area contributed by atoms with Crippen LogP contribution in [0.4, 0.5) is 5.82 Å². The number of hydrogen-bond donors (Lipinski definition) is 1. The maximum absolute atomic E-state index is 8.99. The number of benzene rings is 1.